The fourth-order valence-corrected chi connectivity index (χ4v) is 9.21. The minimum absolute atomic E-state index is 0.0799. The molecule has 73 heavy (non-hydrogen) atoms. The summed E-state index contributed by atoms with van der Waals surface area (Å²) in [4.78, 5) is 38.3. The van der Waals surface area contributed by atoms with Crippen LogP contribution in [0.15, 0.2) is 60.8 Å². The molecular formula is C67H120O6. The molecule has 0 amide bonds. The molecule has 0 bridgehead atoms. The second-order valence-electron chi connectivity index (χ2n) is 21.3. The van der Waals surface area contributed by atoms with Crippen LogP contribution in [-0.4, -0.2) is 37.2 Å². The molecule has 1 unspecified atom stereocenters. The van der Waals surface area contributed by atoms with Gasteiger partial charge in [-0.1, -0.05) is 268 Å². The third kappa shape index (κ3) is 59.9. The van der Waals surface area contributed by atoms with Crippen LogP contribution in [0.4, 0.5) is 0 Å². The topological polar surface area (TPSA) is 78.9 Å². The van der Waals surface area contributed by atoms with Gasteiger partial charge in [-0.25, -0.2) is 0 Å². The maximum atomic E-state index is 12.9. The highest BCUT2D eigenvalue weighted by Crippen LogP contribution is 2.16. The zero-order valence-electron chi connectivity index (χ0n) is 48.7. The average molecular weight is 1020 g/mol. The molecule has 0 aromatic heterocycles. The number of esters is 3. The number of ether oxygens (including phenoxy) is 3. The summed E-state index contributed by atoms with van der Waals surface area (Å²) in [6.07, 6.45) is 77.9. The largest absolute Gasteiger partial charge is 0.462 e. The van der Waals surface area contributed by atoms with E-state index in [9.17, 15) is 14.4 Å². The van der Waals surface area contributed by atoms with E-state index in [0.717, 1.165) is 96.3 Å². The van der Waals surface area contributed by atoms with Gasteiger partial charge in [0.25, 0.3) is 0 Å². The minimum Gasteiger partial charge on any atom is -0.462 e. The third-order valence-electron chi connectivity index (χ3n) is 14.0. The quantitative estimate of drug-likeness (QED) is 0.0261. The van der Waals surface area contributed by atoms with Gasteiger partial charge >= 0.3 is 17.9 Å². The highest BCUT2D eigenvalue weighted by atomic mass is 16.6. The highest BCUT2D eigenvalue weighted by molar-refractivity contribution is 5.71. The summed E-state index contributed by atoms with van der Waals surface area (Å²) in [6, 6.07) is 0. The molecule has 0 rings (SSSR count). The first-order valence-electron chi connectivity index (χ1n) is 31.8. The van der Waals surface area contributed by atoms with Gasteiger partial charge in [0.1, 0.15) is 13.2 Å². The molecule has 0 spiro atoms. The maximum Gasteiger partial charge on any atom is 0.306 e. The van der Waals surface area contributed by atoms with Crippen LogP contribution in [0.1, 0.15) is 329 Å². The van der Waals surface area contributed by atoms with Crippen molar-refractivity contribution in [3.05, 3.63) is 60.8 Å². The molecule has 0 fully saturated rings. The molecule has 0 aromatic carbocycles. The van der Waals surface area contributed by atoms with E-state index < -0.39 is 6.10 Å². The normalized spacial score (nSPS) is 12.4. The lowest BCUT2D eigenvalue weighted by Crippen LogP contribution is -2.30. The van der Waals surface area contributed by atoms with Crippen LogP contribution in [0, 0.1) is 0 Å². The number of hydrogen-bond acceptors (Lipinski definition) is 6. The Morgan fingerprint density at radius 2 is 0.534 bits per heavy atom. The summed E-state index contributed by atoms with van der Waals surface area (Å²) < 4.78 is 16.9. The number of allylic oxidation sites excluding steroid dienone is 10. The zero-order chi connectivity index (χ0) is 52.9. The van der Waals surface area contributed by atoms with Crippen LogP contribution in [-0.2, 0) is 28.6 Å². The van der Waals surface area contributed by atoms with E-state index >= 15 is 0 Å². The fraction of sp³-hybridized carbons (Fsp3) is 0.806. The van der Waals surface area contributed by atoms with Crippen molar-refractivity contribution in [2.75, 3.05) is 13.2 Å². The Morgan fingerprint density at radius 3 is 0.849 bits per heavy atom. The molecule has 424 valence electrons. The molecular weight excluding hydrogens is 901 g/mol. The molecule has 0 saturated carbocycles. The molecule has 0 N–H and O–H groups in total. The van der Waals surface area contributed by atoms with Gasteiger partial charge in [-0.3, -0.25) is 14.4 Å². The van der Waals surface area contributed by atoms with Gasteiger partial charge in [0.05, 0.1) is 0 Å². The van der Waals surface area contributed by atoms with Crippen molar-refractivity contribution in [2.45, 2.75) is 335 Å². The van der Waals surface area contributed by atoms with Gasteiger partial charge in [0, 0.05) is 19.3 Å². The zero-order valence-corrected chi connectivity index (χ0v) is 48.7. The van der Waals surface area contributed by atoms with E-state index in [1.807, 2.05) is 0 Å². The van der Waals surface area contributed by atoms with Crippen molar-refractivity contribution >= 4 is 17.9 Å². The molecule has 0 radical (unpaired) electrons. The predicted molar refractivity (Wildman–Crippen MR) is 316 cm³/mol. The summed E-state index contributed by atoms with van der Waals surface area (Å²) in [5.74, 6) is -0.885. The Labute approximate surface area is 453 Å². The SMILES string of the molecule is CC/C=C\C/C=C\C/C=C\CCCCCCCC(=O)OCC(COC(=O)CCCCCCCCCCC/C=C\CCCCCCCCCC)OC(=O)CCCCCCCCCCC/C=C\CCCCCCCC. The first kappa shape index (κ1) is 70.1. The Hall–Kier alpha value is -2.89. The average Bonchev–Trinajstić information content (AvgIpc) is 3.39. The minimum atomic E-state index is -0.784. The second kappa shape index (κ2) is 61.7. The van der Waals surface area contributed by atoms with E-state index in [-0.39, 0.29) is 31.1 Å². The van der Waals surface area contributed by atoms with Crippen molar-refractivity contribution < 1.29 is 28.6 Å². The number of rotatable bonds is 58. The molecule has 0 heterocycles. The Morgan fingerprint density at radius 1 is 0.288 bits per heavy atom. The van der Waals surface area contributed by atoms with Crippen LogP contribution in [0.2, 0.25) is 0 Å². The summed E-state index contributed by atoms with van der Waals surface area (Å²) in [7, 11) is 0. The fourth-order valence-electron chi connectivity index (χ4n) is 9.21. The number of unbranched alkanes of at least 4 members (excludes halogenated alkanes) is 37. The Kier molecular flexibility index (Phi) is 59.2. The summed E-state index contributed by atoms with van der Waals surface area (Å²) in [6.45, 7) is 6.55. The lowest BCUT2D eigenvalue weighted by atomic mass is 10.1. The lowest BCUT2D eigenvalue weighted by Gasteiger charge is -2.18. The molecule has 0 aromatic rings. The summed E-state index contributed by atoms with van der Waals surface area (Å²) in [5, 5.41) is 0. The van der Waals surface area contributed by atoms with E-state index in [4.69, 9.17) is 14.2 Å². The summed E-state index contributed by atoms with van der Waals surface area (Å²) >= 11 is 0. The molecule has 6 heteroatoms. The van der Waals surface area contributed by atoms with Crippen LogP contribution in [0.25, 0.3) is 0 Å². The monoisotopic (exact) mass is 1020 g/mol. The molecule has 0 aliphatic heterocycles. The van der Waals surface area contributed by atoms with Gasteiger partial charge in [0.2, 0.25) is 0 Å². The second-order valence-corrected chi connectivity index (χ2v) is 21.3. The van der Waals surface area contributed by atoms with Crippen molar-refractivity contribution in [3.8, 4) is 0 Å². The van der Waals surface area contributed by atoms with Crippen molar-refractivity contribution in [2.24, 2.45) is 0 Å². The van der Waals surface area contributed by atoms with Crippen LogP contribution in [0.5, 0.6) is 0 Å². The Balaban J connectivity index is 4.35. The number of carbonyl (C=O) groups is 3. The van der Waals surface area contributed by atoms with Gasteiger partial charge in [-0.05, 0) is 103 Å². The Bertz CT molecular complexity index is 1310. The van der Waals surface area contributed by atoms with E-state index in [0.29, 0.717) is 19.3 Å². The first-order valence-corrected chi connectivity index (χ1v) is 31.8. The standard InChI is InChI=1S/C67H120O6/c1-4-7-10-13-16-19-22-25-28-30-32-33-35-36-39-42-45-48-51-54-57-60-66(69)72-63-64(62-71-65(68)59-56-53-50-47-44-41-38-27-24-21-18-15-12-9-6-3)73-67(70)61-58-55-52-49-46-43-40-37-34-31-29-26-23-20-17-14-11-8-5-2/h9,12,18,21,26-27,29-30,32,38,64H,4-8,10-11,13-17,19-20,22-25,28,31,33-37,39-63H2,1-3H3/b12-9-,21-18-,29-26-,32-30-,38-27-. The van der Waals surface area contributed by atoms with E-state index in [1.54, 1.807) is 0 Å². The van der Waals surface area contributed by atoms with Crippen LogP contribution < -0.4 is 0 Å². The first-order chi connectivity index (χ1) is 36.0. The molecule has 0 aliphatic carbocycles. The van der Waals surface area contributed by atoms with Gasteiger partial charge in [-0.15, -0.1) is 0 Å². The molecule has 0 saturated heterocycles. The molecule has 1 atom stereocenters. The lowest BCUT2D eigenvalue weighted by molar-refractivity contribution is -0.167. The third-order valence-corrected chi connectivity index (χ3v) is 14.0. The van der Waals surface area contributed by atoms with Gasteiger partial charge in [-0.2, -0.15) is 0 Å². The van der Waals surface area contributed by atoms with Gasteiger partial charge in [0.15, 0.2) is 6.10 Å². The number of carbonyl (C=O) groups excluding carboxylic acids is 3. The van der Waals surface area contributed by atoms with Crippen LogP contribution in [0.3, 0.4) is 0 Å². The number of hydrogen-bond donors (Lipinski definition) is 0. The van der Waals surface area contributed by atoms with Crippen molar-refractivity contribution in [3.63, 3.8) is 0 Å². The van der Waals surface area contributed by atoms with E-state index in [1.165, 1.54) is 193 Å². The molecule has 6 nitrogen and oxygen atoms in total. The highest BCUT2D eigenvalue weighted by Gasteiger charge is 2.19. The molecule has 0 aliphatic rings. The maximum absolute atomic E-state index is 12.9. The van der Waals surface area contributed by atoms with E-state index in [2.05, 4.69) is 81.5 Å². The van der Waals surface area contributed by atoms with Crippen LogP contribution >= 0.6 is 0 Å². The predicted octanol–water partition coefficient (Wildman–Crippen LogP) is 21.6. The van der Waals surface area contributed by atoms with Crippen molar-refractivity contribution in [1.29, 1.82) is 0 Å². The van der Waals surface area contributed by atoms with Crippen molar-refractivity contribution in [1.82, 2.24) is 0 Å². The smallest absolute Gasteiger partial charge is 0.306 e. The van der Waals surface area contributed by atoms with Gasteiger partial charge < -0.3 is 14.2 Å². The summed E-state index contributed by atoms with van der Waals surface area (Å²) in [5.41, 5.74) is 0.